The number of hydrogen-bond acceptors (Lipinski definition) is 1. The van der Waals surface area contributed by atoms with E-state index in [0.29, 0.717) is 5.92 Å². The van der Waals surface area contributed by atoms with Crippen molar-refractivity contribution in [1.82, 2.24) is 9.88 Å². The van der Waals surface area contributed by atoms with Crippen molar-refractivity contribution in [2.45, 2.75) is 90.0 Å². The first-order valence-corrected chi connectivity index (χ1v) is 12.0. The van der Waals surface area contributed by atoms with Gasteiger partial charge in [0.2, 0.25) is 0 Å². The molecule has 0 radical (unpaired) electrons. The average Bonchev–Trinajstić information content (AvgIpc) is 3.08. The number of aromatic amines is 1. The highest BCUT2D eigenvalue weighted by Gasteiger charge is 2.51. The van der Waals surface area contributed by atoms with Crippen molar-refractivity contribution in [1.29, 1.82) is 0 Å². The van der Waals surface area contributed by atoms with Gasteiger partial charge in [0.05, 0.1) is 0 Å². The summed E-state index contributed by atoms with van der Waals surface area (Å²) in [6, 6.07) is 8.06. The first-order chi connectivity index (χ1) is 13.6. The average molecular weight is 379 g/mol. The molecule has 0 spiro atoms. The molecular formula is C26H38N2. The van der Waals surface area contributed by atoms with Crippen LogP contribution >= 0.6 is 0 Å². The number of nitrogens with one attached hydrogen (secondary N) is 1. The fraction of sp³-hybridized carbons (Fsp3) is 0.692. The first kappa shape index (κ1) is 18.7. The van der Waals surface area contributed by atoms with Gasteiger partial charge in [-0.25, -0.2) is 0 Å². The Morgan fingerprint density at radius 1 is 1.14 bits per heavy atom. The molecular weight excluding hydrogens is 340 g/mol. The summed E-state index contributed by atoms with van der Waals surface area (Å²) in [5, 5.41) is 1.55. The highest BCUT2D eigenvalue weighted by molar-refractivity contribution is 5.87. The molecule has 1 saturated carbocycles. The van der Waals surface area contributed by atoms with Crippen LogP contribution in [0.15, 0.2) is 18.2 Å². The molecule has 0 unspecified atom stereocenters. The fourth-order valence-electron chi connectivity index (χ4n) is 7.28. The third kappa shape index (κ3) is 2.70. The van der Waals surface area contributed by atoms with Crippen LogP contribution in [0, 0.1) is 11.8 Å². The molecule has 28 heavy (non-hydrogen) atoms. The van der Waals surface area contributed by atoms with Gasteiger partial charge in [0.1, 0.15) is 0 Å². The fourth-order valence-corrected chi connectivity index (χ4v) is 7.28. The van der Waals surface area contributed by atoms with E-state index in [1.54, 1.807) is 16.6 Å². The van der Waals surface area contributed by atoms with Crippen LogP contribution in [-0.2, 0) is 0 Å². The molecule has 2 heteroatoms. The smallest absolute Gasteiger partial charge is 0.0459 e. The summed E-state index contributed by atoms with van der Waals surface area (Å²) in [5.74, 6) is 3.88. The van der Waals surface area contributed by atoms with Gasteiger partial charge in [-0.15, -0.1) is 0 Å². The Morgan fingerprint density at radius 2 is 2.00 bits per heavy atom. The number of H-pyrrole nitrogens is 1. The Balaban J connectivity index is 1.66. The molecule has 0 amide bonds. The minimum Gasteiger partial charge on any atom is -0.358 e. The zero-order valence-corrected chi connectivity index (χ0v) is 18.3. The maximum atomic E-state index is 3.94. The van der Waals surface area contributed by atoms with E-state index >= 15 is 0 Å². The number of fused-ring (bicyclic) bond motifs is 4. The minimum atomic E-state index is 0.599. The highest BCUT2D eigenvalue weighted by atomic mass is 15.2. The molecule has 1 aromatic carbocycles. The van der Waals surface area contributed by atoms with Crippen molar-refractivity contribution >= 4 is 10.9 Å². The normalized spacial score (nSPS) is 32.5. The SMILES string of the molecule is CCCN1CC[C@@H]2c3c([nH]c4ccc(C(C)C)cc34)[C@@H](CC)[C@@H]3CCC[C@H]1[C@H]32. The Hall–Kier alpha value is -1.28. The van der Waals surface area contributed by atoms with Crippen molar-refractivity contribution in [3.63, 3.8) is 0 Å². The summed E-state index contributed by atoms with van der Waals surface area (Å²) in [6.07, 6.45) is 8.25. The van der Waals surface area contributed by atoms with Gasteiger partial charge >= 0.3 is 0 Å². The van der Waals surface area contributed by atoms with Crippen LogP contribution in [0.5, 0.6) is 0 Å². The molecule has 3 aliphatic rings. The molecule has 2 aliphatic carbocycles. The molecule has 2 heterocycles. The van der Waals surface area contributed by atoms with Crippen molar-refractivity contribution < 1.29 is 0 Å². The maximum absolute atomic E-state index is 3.94. The van der Waals surface area contributed by atoms with Gasteiger partial charge in [0.15, 0.2) is 0 Å². The van der Waals surface area contributed by atoms with Crippen molar-refractivity contribution in [3.8, 4) is 0 Å². The van der Waals surface area contributed by atoms with Crippen molar-refractivity contribution in [3.05, 3.63) is 35.0 Å². The molecule has 152 valence electrons. The summed E-state index contributed by atoms with van der Waals surface area (Å²) in [6.45, 7) is 12.0. The largest absolute Gasteiger partial charge is 0.358 e. The van der Waals surface area contributed by atoms with Crippen molar-refractivity contribution in [2.75, 3.05) is 13.1 Å². The molecule has 1 saturated heterocycles. The summed E-state index contributed by atoms with van der Waals surface area (Å²) in [4.78, 5) is 6.82. The van der Waals surface area contributed by atoms with Gasteiger partial charge in [0.25, 0.3) is 0 Å². The van der Waals surface area contributed by atoms with E-state index in [2.05, 4.69) is 55.8 Å². The van der Waals surface area contributed by atoms with E-state index in [1.165, 1.54) is 62.7 Å². The second-order valence-electron chi connectivity index (χ2n) is 10.1. The number of likely N-dealkylation sites (tertiary alicyclic amines) is 1. The Bertz CT molecular complexity index is 847. The minimum absolute atomic E-state index is 0.599. The summed E-state index contributed by atoms with van der Waals surface area (Å²) in [7, 11) is 0. The monoisotopic (exact) mass is 378 g/mol. The van der Waals surface area contributed by atoms with Gasteiger partial charge in [-0.1, -0.05) is 40.2 Å². The second-order valence-corrected chi connectivity index (χ2v) is 10.1. The molecule has 0 bridgehead atoms. The number of aromatic nitrogens is 1. The molecule has 1 N–H and O–H groups in total. The third-order valence-electron chi connectivity index (χ3n) is 8.41. The lowest BCUT2D eigenvalue weighted by atomic mass is 9.56. The lowest BCUT2D eigenvalue weighted by Crippen LogP contribution is -2.55. The zero-order valence-electron chi connectivity index (χ0n) is 18.3. The number of rotatable bonds is 4. The maximum Gasteiger partial charge on any atom is 0.0459 e. The quantitative estimate of drug-likeness (QED) is 0.621. The van der Waals surface area contributed by atoms with E-state index in [-0.39, 0.29) is 0 Å². The van der Waals surface area contributed by atoms with Gasteiger partial charge < -0.3 is 9.88 Å². The van der Waals surface area contributed by atoms with Crippen LogP contribution in [0.4, 0.5) is 0 Å². The number of benzene rings is 1. The zero-order chi connectivity index (χ0) is 19.4. The number of piperidine rings is 1. The lowest BCUT2D eigenvalue weighted by Gasteiger charge is -2.56. The predicted octanol–water partition coefficient (Wildman–Crippen LogP) is 6.78. The summed E-state index contributed by atoms with van der Waals surface area (Å²) >= 11 is 0. The molecule has 2 aromatic rings. The molecule has 5 atom stereocenters. The van der Waals surface area contributed by atoms with E-state index in [9.17, 15) is 0 Å². The molecule has 1 aliphatic heterocycles. The van der Waals surface area contributed by atoms with E-state index < -0.39 is 0 Å². The van der Waals surface area contributed by atoms with Crippen LogP contribution in [0.3, 0.4) is 0 Å². The van der Waals surface area contributed by atoms with Crippen LogP contribution in [0.2, 0.25) is 0 Å². The number of hydrogen-bond donors (Lipinski definition) is 1. The first-order valence-electron chi connectivity index (χ1n) is 12.0. The Labute approximate surface area is 171 Å². The third-order valence-corrected chi connectivity index (χ3v) is 8.41. The molecule has 5 rings (SSSR count). The van der Waals surface area contributed by atoms with Gasteiger partial charge in [-0.05, 0) is 92.1 Å². The topological polar surface area (TPSA) is 19.0 Å². The van der Waals surface area contributed by atoms with E-state index in [1.807, 2.05) is 0 Å². The lowest BCUT2D eigenvalue weighted by molar-refractivity contribution is -0.00740. The Morgan fingerprint density at radius 3 is 2.75 bits per heavy atom. The number of nitrogens with zero attached hydrogens (tertiary/aromatic N) is 1. The standard InChI is InChI=1S/C26H38N2/c1-5-13-28-14-12-20-24-19(8-7-9-23(24)28)18(6-2)26-25(20)21-15-17(16(3)4)10-11-22(21)27-26/h10-11,15-16,18-20,23-24,27H,5-9,12-14H2,1-4H3/t18-,19-,20-,23-,24+/m0/s1. The molecule has 2 fully saturated rings. The van der Waals surface area contributed by atoms with E-state index in [4.69, 9.17) is 0 Å². The van der Waals surface area contributed by atoms with Crippen LogP contribution in [0.25, 0.3) is 10.9 Å². The van der Waals surface area contributed by atoms with E-state index in [0.717, 1.165) is 29.7 Å². The van der Waals surface area contributed by atoms with Gasteiger partial charge in [0, 0.05) is 28.6 Å². The summed E-state index contributed by atoms with van der Waals surface area (Å²) < 4.78 is 0. The predicted molar refractivity (Wildman–Crippen MR) is 119 cm³/mol. The van der Waals surface area contributed by atoms with Gasteiger partial charge in [-0.2, -0.15) is 0 Å². The molecule has 1 aromatic heterocycles. The molecule has 2 nitrogen and oxygen atoms in total. The Kier molecular flexibility index (Phi) is 4.82. The second kappa shape index (κ2) is 7.20. The highest BCUT2D eigenvalue weighted by Crippen LogP contribution is 2.58. The summed E-state index contributed by atoms with van der Waals surface area (Å²) in [5.41, 5.74) is 6.23. The van der Waals surface area contributed by atoms with Gasteiger partial charge in [-0.3, -0.25) is 0 Å². The van der Waals surface area contributed by atoms with Crippen LogP contribution in [0.1, 0.15) is 101 Å². The van der Waals surface area contributed by atoms with Crippen LogP contribution < -0.4 is 0 Å². The van der Waals surface area contributed by atoms with Crippen molar-refractivity contribution in [2.24, 2.45) is 11.8 Å². The van der Waals surface area contributed by atoms with Crippen LogP contribution in [-0.4, -0.2) is 29.0 Å².